The van der Waals surface area contributed by atoms with Gasteiger partial charge in [0.2, 0.25) is 0 Å². The van der Waals surface area contributed by atoms with E-state index in [0.29, 0.717) is 13.1 Å². The number of rotatable bonds is 2. The molecule has 0 aliphatic carbocycles. The minimum Gasteiger partial charge on any atom is -0.313 e. The van der Waals surface area contributed by atoms with Gasteiger partial charge in [0.1, 0.15) is 0 Å². The first-order chi connectivity index (χ1) is 4.52. The van der Waals surface area contributed by atoms with Crippen LogP contribution in [0.25, 0.3) is 0 Å². The number of likely N-dealkylation sites (N-methyl/N-ethyl adjacent to an activating group) is 1. The van der Waals surface area contributed by atoms with Crippen LogP contribution in [-0.4, -0.2) is 38.9 Å². The van der Waals surface area contributed by atoms with Gasteiger partial charge in [-0.3, -0.25) is 0 Å². The van der Waals surface area contributed by atoms with Gasteiger partial charge in [-0.15, -0.1) is 0 Å². The summed E-state index contributed by atoms with van der Waals surface area (Å²) in [5.74, 6) is 0. The lowest BCUT2D eigenvalue weighted by molar-refractivity contribution is 0.274. The van der Waals surface area contributed by atoms with Crippen LogP contribution < -0.4 is 10.5 Å². The van der Waals surface area contributed by atoms with Crippen LogP contribution in [0.15, 0.2) is 0 Å². The van der Waals surface area contributed by atoms with Gasteiger partial charge in [0.25, 0.3) is 10.2 Å². The van der Waals surface area contributed by atoms with Crippen molar-refractivity contribution in [3.8, 4) is 0 Å². The van der Waals surface area contributed by atoms with E-state index in [4.69, 9.17) is 5.14 Å². The summed E-state index contributed by atoms with van der Waals surface area (Å²) in [6.45, 7) is 1.40. The molecular weight excluding hydrogens is 154 g/mol. The predicted molar refractivity (Wildman–Crippen MR) is 37.5 cm³/mol. The molecule has 1 fully saturated rings. The first-order valence-electron chi connectivity index (χ1n) is 2.98. The van der Waals surface area contributed by atoms with Crippen molar-refractivity contribution < 1.29 is 8.42 Å². The summed E-state index contributed by atoms with van der Waals surface area (Å²) in [6.07, 6.45) is 0. The first kappa shape index (κ1) is 7.93. The van der Waals surface area contributed by atoms with Gasteiger partial charge in [0.15, 0.2) is 0 Å². The molecule has 0 aromatic carbocycles. The average Bonchev–Trinajstić information content (AvgIpc) is 1.57. The normalized spacial score (nSPS) is 21.1. The Morgan fingerprint density at radius 1 is 1.60 bits per heavy atom. The summed E-state index contributed by atoms with van der Waals surface area (Å²) in [4.78, 5) is 0. The van der Waals surface area contributed by atoms with E-state index in [1.807, 2.05) is 0 Å². The van der Waals surface area contributed by atoms with Gasteiger partial charge in [-0.1, -0.05) is 0 Å². The van der Waals surface area contributed by atoms with Gasteiger partial charge in [-0.2, -0.15) is 12.7 Å². The fourth-order valence-corrected chi connectivity index (χ4v) is 1.30. The molecule has 1 aliphatic rings. The lowest BCUT2D eigenvalue weighted by Gasteiger charge is -2.33. The Morgan fingerprint density at radius 2 is 2.10 bits per heavy atom. The molecule has 1 heterocycles. The van der Waals surface area contributed by atoms with E-state index in [1.54, 1.807) is 0 Å². The Kier molecular flexibility index (Phi) is 1.95. The Hall–Kier alpha value is -0.170. The molecule has 0 saturated carbocycles. The van der Waals surface area contributed by atoms with Crippen LogP contribution in [0.5, 0.6) is 0 Å². The highest BCUT2D eigenvalue weighted by atomic mass is 32.2. The van der Waals surface area contributed by atoms with E-state index >= 15 is 0 Å². The van der Waals surface area contributed by atoms with Crippen molar-refractivity contribution in [3.63, 3.8) is 0 Å². The van der Waals surface area contributed by atoms with Gasteiger partial charge in [0, 0.05) is 20.1 Å². The van der Waals surface area contributed by atoms with Crippen LogP contribution in [0.1, 0.15) is 0 Å². The number of hydrogen-bond acceptors (Lipinski definition) is 3. The Balaban J connectivity index is 2.56. The van der Waals surface area contributed by atoms with Crippen molar-refractivity contribution in [2.24, 2.45) is 5.14 Å². The van der Waals surface area contributed by atoms with E-state index in [2.05, 4.69) is 5.32 Å². The molecule has 10 heavy (non-hydrogen) atoms. The maximum atomic E-state index is 10.6. The zero-order valence-electron chi connectivity index (χ0n) is 5.74. The molecule has 0 radical (unpaired) electrons. The molecule has 0 aromatic heterocycles. The topological polar surface area (TPSA) is 75.4 Å². The van der Waals surface area contributed by atoms with E-state index in [0.717, 1.165) is 0 Å². The standard InChI is InChI=1S/C4H11N3O2S/c1-7(10(5,8)9)4-2-6-3-4/h4,6H,2-3H2,1H3,(H2,5,8,9). The smallest absolute Gasteiger partial charge is 0.276 e. The van der Waals surface area contributed by atoms with E-state index in [1.165, 1.54) is 11.4 Å². The van der Waals surface area contributed by atoms with Gasteiger partial charge < -0.3 is 5.32 Å². The largest absolute Gasteiger partial charge is 0.313 e. The van der Waals surface area contributed by atoms with Crippen molar-refractivity contribution in [2.45, 2.75) is 6.04 Å². The molecule has 0 bridgehead atoms. The summed E-state index contributed by atoms with van der Waals surface area (Å²) < 4.78 is 22.5. The lowest BCUT2D eigenvalue weighted by Crippen LogP contribution is -2.58. The first-order valence-corrected chi connectivity index (χ1v) is 4.48. The molecule has 1 saturated heterocycles. The summed E-state index contributed by atoms with van der Waals surface area (Å²) in [5, 5.41) is 7.81. The number of nitrogens with two attached hydrogens (primary N) is 1. The van der Waals surface area contributed by atoms with Gasteiger partial charge in [-0.05, 0) is 0 Å². The van der Waals surface area contributed by atoms with E-state index in [9.17, 15) is 8.42 Å². The quantitative estimate of drug-likeness (QED) is 0.501. The van der Waals surface area contributed by atoms with Crippen molar-refractivity contribution in [3.05, 3.63) is 0 Å². The van der Waals surface area contributed by atoms with Crippen LogP contribution in [0, 0.1) is 0 Å². The number of nitrogens with one attached hydrogen (secondary N) is 1. The molecule has 6 heteroatoms. The Labute approximate surface area is 60.4 Å². The summed E-state index contributed by atoms with van der Waals surface area (Å²) in [7, 11) is -1.98. The van der Waals surface area contributed by atoms with Crippen molar-refractivity contribution >= 4 is 10.2 Å². The fourth-order valence-electron chi connectivity index (χ4n) is 0.738. The third-order valence-electron chi connectivity index (χ3n) is 1.68. The van der Waals surface area contributed by atoms with Gasteiger partial charge in [-0.25, -0.2) is 5.14 Å². The monoisotopic (exact) mass is 165 g/mol. The molecular formula is C4H11N3O2S. The highest BCUT2D eigenvalue weighted by Crippen LogP contribution is 2.03. The zero-order chi connectivity index (χ0) is 7.78. The fraction of sp³-hybridized carbons (Fsp3) is 1.00. The molecule has 0 atom stereocenters. The lowest BCUT2D eigenvalue weighted by atomic mass is 10.2. The third-order valence-corrected chi connectivity index (χ3v) is 2.78. The Bertz CT molecular complexity index is 209. The van der Waals surface area contributed by atoms with Crippen LogP contribution in [0.4, 0.5) is 0 Å². The highest BCUT2D eigenvalue weighted by molar-refractivity contribution is 7.86. The van der Waals surface area contributed by atoms with Gasteiger partial charge in [0.05, 0.1) is 6.04 Å². The summed E-state index contributed by atoms with van der Waals surface area (Å²) in [5.41, 5.74) is 0. The predicted octanol–water partition coefficient (Wildman–Crippen LogP) is -1.91. The zero-order valence-corrected chi connectivity index (χ0v) is 6.56. The molecule has 3 N–H and O–H groups in total. The van der Waals surface area contributed by atoms with E-state index in [-0.39, 0.29) is 6.04 Å². The summed E-state index contributed by atoms with van der Waals surface area (Å²) in [6, 6.07) is 0.0509. The molecule has 0 unspecified atom stereocenters. The second kappa shape index (κ2) is 2.46. The van der Waals surface area contributed by atoms with Crippen molar-refractivity contribution in [1.82, 2.24) is 9.62 Å². The molecule has 5 nitrogen and oxygen atoms in total. The average molecular weight is 165 g/mol. The van der Waals surface area contributed by atoms with Crippen LogP contribution >= 0.6 is 0 Å². The molecule has 1 aliphatic heterocycles. The third kappa shape index (κ3) is 1.46. The second-order valence-electron chi connectivity index (χ2n) is 2.37. The maximum Gasteiger partial charge on any atom is 0.276 e. The second-order valence-corrected chi connectivity index (χ2v) is 3.98. The van der Waals surface area contributed by atoms with E-state index < -0.39 is 10.2 Å². The maximum absolute atomic E-state index is 10.6. The molecule has 0 aromatic rings. The van der Waals surface area contributed by atoms with Crippen molar-refractivity contribution in [1.29, 1.82) is 0 Å². The highest BCUT2D eigenvalue weighted by Gasteiger charge is 2.27. The summed E-state index contributed by atoms with van der Waals surface area (Å²) >= 11 is 0. The minimum absolute atomic E-state index is 0.0509. The number of nitrogens with zero attached hydrogens (tertiary/aromatic N) is 1. The SMILES string of the molecule is CN(C1CNC1)S(N)(=O)=O. The molecule has 1 rings (SSSR count). The molecule has 0 spiro atoms. The number of hydrogen-bond donors (Lipinski definition) is 2. The minimum atomic E-state index is -3.47. The van der Waals surface area contributed by atoms with Gasteiger partial charge >= 0.3 is 0 Å². The molecule has 60 valence electrons. The molecule has 0 amide bonds. The van der Waals surface area contributed by atoms with Crippen molar-refractivity contribution in [2.75, 3.05) is 20.1 Å². The van der Waals surface area contributed by atoms with Crippen LogP contribution in [0.2, 0.25) is 0 Å². The van der Waals surface area contributed by atoms with Crippen LogP contribution in [0.3, 0.4) is 0 Å². The Morgan fingerprint density at radius 3 is 2.20 bits per heavy atom. The van der Waals surface area contributed by atoms with Crippen LogP contribution in [-0.2, 0) is 10.2 Å².